The Morgan fingerprint density at radius 1 is 1.36 bits per heavy atom. The molecule has 1 amide bonds. The van der Waals surface area contributed by atoms with Gasteiger partial charge in [0.1, 0.15) is 0 Å². The van der Waals surface area contributed by atoms with Gasteiger partial charge in [-0.15, -0.1) is 0 Å². The third kappa shape index (κ3) is 4.15. The molecule has 2 aromatic rings. The number of benzene rings is 1. The average molecular weight is 371 g/mol. The van der Waals surface area contributed by atoms with Crippen molar-refractivity contribution in [1.82, 2.24) is 8.88 Å². The molecule has 7 heteroatoms. The Morgan fingerprint density at radius 2 is 2.09 bits per heavy atom. The van der Waals surface area contributed by atoms with Gasteiger partial charge in [0, 0.05) is 0 Å². The molecule has 1 aromatic carbocycles. The number of ether oxygens (including phenoxy) is 2. The van der Waals surface area contributed by atoms with E-state index in [0.29, 0.717) is 24.2 Å². The molecule has 0 saturated carbocycles. The number of rotatable bonds is 4. The molecule has 0 spiro atoms. The molecular weight excluding hydrogens is 351 g/mol. The number of fused-ring (bicyclic) bond motifs is 1. The SMILES string of the molecule is COc1ccc2[se]n(CCNC(=O)OC(C)(C)C)c(=O)c2c1. The zero-order chi connectivity index (χ0) is 16.3. The van der Waals surface area contributed by atoms with Crippen molar-refractivity contribution in [1.29, 1.82) is 0 Å². The van der Waals surface area contributed by atoms with Crippen LogP contribution in [0.3, 0.4) is 0 Å². The van der Waals surface area contributed by atoms with E-state index in [2.05, 4.69) is 5.32 Å². The second-order valence-electron chi connectivity index (χ2n) is 5.79. The van der Waals surface area contributed by atoms with Gasteiger partial charge in [0.2, 0.25) is 0 Å². The first-order valence-electron chi connectivity index (χ1n) is 6.95. The number of amides is 1. The molecular formula is C15H20N2O4Se. The first kappa shape index (κ1) is 16.6. The molecule has 0 atom stereocenters. The number of hydrogen-bond donors (Lipinski definition) is 1. The van der Waals surface area contributed by atoms with Crippen molar-refractivity contribution in [3.05, 3.63) is 28.6 Å². The summed E-state index contributed by atoms with van der Waals surface area (Å²) in [5.41, 5.74) is -0.538. The van der Waals surface area contributed by atoms with E-state index in [1.165, 1.54) is 0 Å². The number of nitrogens with zero attached hydrogens (tertiary/aromatic N) is 1. The number of carbonyl (C=O) groups excluding carboxylic acids is 1. The van der Waals surface area contributed by atoms with E-state index in [9.17, 15) is 9.59 Å². The molecule has 0 aliphatic carbocycles. The van der Waals surface area contributed by atoms with Crippen LogP contribution in [-0.4, -0.2) is 43.6 Å². The summed E-state index contributed by atoms with van der Waals surface area (Å²) in [7, 11) is 1.58. The standard InChI is InChI=1S/C15H20N2O4Se/c1-15(2,3)21-14(19)16-7-8-17-13(18)11-9-10(20-4)5-6-12(11)22-17/h5-6,9H,7-8H2,1-4H3,(H,16,19). The van der Waals surface area contributed by atoms with Gasteiger partial charge in [-0.05, 0) is 0 Å². The van der Waals surface area contributed by atoms with Crippen LogP contribution in [0.2, 0.25) is 0 Å². The first-order chi connectivity index (χ1) is 10.3. The van der Waals surface area contributed by atoms with Crippen LogP contribution in [-0.2, 0) is 11.3 Å². The molecule has 0 radical (unpaired) electrons. The Morgan fingerprint density at radius 3 is 2.73 bits per heavy atom. The minimum atomic E-state index is -0.524. The van der Waals surface area contributed by atoms with Gasteiger partial charge in [-0.2, -0.15) is 0 Å². The summed E-state index contributed by atoms with van der Waals surface area (Å²) < 4.78 is 13.1. The van der Waals surface area contributed by atoms with E-state index in [-0.39, 0.29) is 20.3 Å². The van der Waals surface area contributed by atoms with E-state index >= 15 is 0 Å². The molecule has 2 rings (SSSR count). The minimum absolute atomic E-state index is 0.0140. The van der Waals surface area contributed by atoms with Gasteiger partial charge in [-0.25, -0.2) is 0 Å². The van der Waals surface area contributed by atoms with Crippen molar-refractivity contribution >= 4 is 30.5 Å². The summed E-state index contributed by atoms with van der Waals surface area (Å²) in [6.07, 6.45) is -0.467. The topological polar surface area (TPSA) is 69.6 Å². The number of hydrogen-bond acceptors (Lipinski definition) is 4. The molecule has 0 aliphatic heterocycles. The van der Waals surface area contributed by atoms with Crippen LogP contribution in [0.15, 0.2) is 23.0 Å². The third-order valence-electron chi connectivity index (χ3n) is 2.84. The number of methoxy groups -OCH3 is 1. The zero-order valence-electron chi connectivity index (χ0n) is 13.1. The van der Waals surface area contributed by atoms with Gasteiger partial charge in [0.15, 0.2) is 0 Å². The van der Waals surface area contributed by atoms with Crippen molar-refractivity contribution in [2.75, 3.05) is 13.7 Å². The number of alkyl carbamates (subject to hydrolysis) is 1. The summed E-state index contributed by atoms with van der Waals surface area (Å²) in [6, 6.07) is 5.55. The van der Waals surface area contributed by atoms with Gasteiger partial charge in [-0.1, -0.05) is 0 Å². The molecule has 1 heterocycles. The van der Waals surface area contributed by atoms with E-state index in [0.717, 1.165) is 4.26 Å². The summed E-state index contributed by atoms with van der Waals surface area (Å²) in [4.78, 5) is 23.9. The molecule has 0 saturated heterocycles. The van der Waals surface area contributed by atoms with Crippen LogP contribution in [0.5, 0.6) is 5.75 Å². The second-order valence-corrected chi connectivity index (χ2v) is 8.02. The average Bonchev–Trinajstić information content (AvgIpc) is 2.73. The monoisotopic (exact) mass is 372 g/mol. The predicted octanol–water partition coefficient (Wildman–Crippen LogP) is 1.59. The fraction of sp³-hybridized carbons (Fsp3) is 0.467. The predicted molar refractivity (Wildman–Crippen MR) is 85.9 cm³/mol. The fourth-order valence-electron chi connectivity index (χ4n) is 1.90. The van der Waals surface area contributed by atoms with Crippen LogP contribution in [0.1, 0.15) is 20.8 Å². The van der Waals surface area contributed by atoms with Gasteiger partial charge in [-0.3, -0.25) is 0 Å². The molecule has 22 heavy (non-hydrogen) atoms. The summed E-state index contributed by atoms with van der Waals surface area (Å²) in [5, 5.41) is 3.36. The van der Waals surface area contributed by atoms with Gasteiger partial charge in [0.25, 0.3) is 0 Å². The molecule has 0 bridgehead atoms. The van der Waals surface area contributed by atoms with E-state index in [1.807, 2.05) is 32.9 Å². The summed E-state index contributed by atoms with van der Waals surface area (Å²) in [5.74, 6) is 0.677. The van der Waals surface area contributed by atoms with Crippen molar-refractivity contribution in [3.63, 3.8) is 0 Å². The van der Waals surface area contributed by atoms with Crippen molar-refractivity contribution in [2.24, 2.45) is 0 Å². The zero-order valence-corrected chi connectivity index (χ0v) is 14.8. The number of nitrogens with one attached hydrogen (secondary N) is 1. The van der Waals surface area contributed by atoms with Gasteiger partial charge in [0.05, 0.1) is 0 Å². The van der Waals surface area contributed by atoms with Crippen molar-refractivity contribution in [3.8, 4) is 5.75 Å². The van der Waals surface area contributed by atoms with Crippen LogP contribution in [0.4, 0.5) is 4.79 Å². The van der Waals surface area contributed by atoms with Crippen LogP contribution in [0.25, 0.3) is 9.65 Å². The van der Waals surface area contributed by atoms with E-state index < -0.39 is 11.7 Å². The van der Waals surface area contributed by atoms with E-state index in [4.69, 9.17) is 9.47 Å². The number of aromatic nitrogens is 1. The van der Waals surface area contributed by atoms with Gasteiger partial charge < -0.3 is 0 Å². The maximum absolute atomic E-state index is 12.3. The van der Waals surface area contributed by atoms with Crippen LogP contribution >= 0.6 is 0 Å². The van der Waals surface area contributed by atoms with Crippen molar-refractivity contribution < 1.29 is 14.3 Å². The Kier molecular flexibility index (Phi) is 4.98. The Hall–Kier alpha value is -1.72. The Labute approximate surface area is 135 Å². The summed E-state index contributed by atoms with van der Waals surface area (Å²) >= 11 is -0.0612. The van der Waals surface area contributed by atoms with E-state index in [1.54, 1.807) is 16.7 Å². The Balaban J connectivity index is 2.02. The summed E-state index contributed by atoms with van der Waals surface area (Å²) in [6.45, 7) is 6.26. The third-order valence-corrected chi connectivity index (χ3v) is 5.19. The Bertz CT molecular complexity index is 727. The van der Waals surface area contributed by atoms with Gasteiger partial charge >= 0.3 is 134 Å². The second kappa shape index (κ2) is 6.58. The fourth-order valence-corrected chi connectivity index (χ4v) is 3.94. The quantitative estimate of drug-likeness (QED) is 0.829. The number of carbonyl (C=O) groups is 1. The first-order valence-corrected chi connectivity index (χ1v) is 8.57. The molecule has 1 aromatic heterocycles. The van der Waals surface area contributed by atoms with Crippen LogP contribution in [0, 0.1) is 0 Å². The molecule has 0 unspecified atom stereocenters. The molecule has 0 aliphatic rings. The molecule has 6 nitrogen and oxygen atoms in total. The molecule has 1 N–H and O–H groups in total. The van der Waals surface area contributed by atoms with Crippen molar-refractivity contribution in [2.45, 2.75) is 32.9 Å². The molecule has 120 valence electrons. The van der Waals surface area contributed by atoms with Crippen LogP contribution < -0.4 is 15.6 Å². The maximum atomic E-state index is 12.3. The normalized spacial score (nSPS) is 11.5. The molecule has 0 fully saturated rings.